The molecule has 120 valence electrons. The lowest BCUT2D eigenvalue weighted by atomic mass is 10.3. The molecule has 1 aromatic carbocycles. The molecule has 0 atom stereocenters. The second-order valence-electron chi connectivity index (χ2n) is 5.22. The number of likely N-dealkylation sites (N-methyl/N-ethyl adjacent to an activating group) is 1. The van der Waals surface area contributed by atoms with Crippen LogP contribution in [0.15, 0.2) is 41.8 Å². The number of nitrogens with one attached hydrogen (secondary N) is 1. The zero-order valence-corrected chi connectivity index (χ0v) is 13.8. The summed E-state index contributed by atoms with van der Waals surface area (Å²) in [4.78, 5) is 15.3. The van der Waals surface area contributed by atoms with E-state index in [0.717, 1.165) is 22.5 Å². The van der Waals surface area contributed by atoms with Crippen LogP contribution in [0.5, 0.6) is 0 Å². The van der Waals surface area contributed by atoms with Crippen molar-refractivity contribution in [2.24, 2.45) is 0 Å². The van der Waals surface area contributed by atoms with Crippen molar-refractivity contribution in [1.29, 1.82) is 0 Å². The molecule has 0 fully saturated rings. The third-order valence-electron chi connectivity index (χ3n) is 3.61. The molecule has 3 aromatic rings. The fourth-order valence-corrected chi connectivity index (χ4v) is 2.98. The first-order valence-electron chi connectivity index (χ1n) is 7.56. The van der Waals surface area contributed by atoms with Crippen LogP contribution >= 0.6 is 11.3 Å². The van der Waals surface area contributed by atoms with E-state index in [2.05, 4.69) is 15.6 Å². The van der Waals surface area contributed by atoms with E-state index >= 15 is 0 Å². The number of thiophene rings is 1. The highest BCUT2D eigenvalue weighted by atomic mass is 32.1. The van der Waals surface area contributed by atoms with Crippen LogP contribution in [0.25, 0.3) is 11.0 Å². The minimum atomic E-state index is 0.0182. The lowest BCUT2D eigenvalue weighted by Crippen LogP contribution is -2.38. The van der Waals surface area contributed by atoms with Crippen LogP contribution in [0.1, 0.15) is 11.8 Å². The van der Waals surface area contributed by atoms with Crippen molar-refractivity contribution >= 4 is 28.3 Å². The summed E-state index contributed by atoms with van der Waals surface area (Å²) in [7, 11) is 0. The number of fused-ring (bicyclic) bond motifs is 1. The van der Waals surface area contributed by atoms with Gasteiger partial charge in [0.1, 0.15) is 5.52 Å². The summed E-state index contributed by atoms with van der Waals surface area (Å²) in [6.45, 7) is 4.27. The van der Waals surface area contributed by atoms with E-state index in [4.69, 9.17) is 0 Å². The largest absolute Gasteiger partial charge is 0.350 e. The molecule has 0 radical (unpaired) electrons. The van der Waals surface area contributed by atoms with E-state index < -0.39 is 0 Å². The van der Waals surface area contributed by atoms with Crippen LogP contribution in [0.2, 0.25) is 0 Å². The molecule has 0 aliphatic carbocycles. The number of carbonyl (C=O) groups excluding carboxylic acids is 1. The molecule has 0 saturated carbocycles. The van der Waals surface area contributed by atoms with Gasteiger partial charge in [-0.25, -0.2) is 4.68 Å². The topological polar surface area (TPSA) is 63.1 Å². The first kappa shape index (κ1) is 15.6. The highest BCUT2D eigenvalue weighted by Gasteiger charge is 2.12. The van der Waals surface area contributed by atoms with E-state index in [1.165, 1.54) is 0 Å². The number of hydrogen-bond donors (Lipinski definition) is 1. The fourth-order valence-electron chi connectivity index (χ4n) is 2.33. The van der Waals surface area contributed by atoms with Crippen molar-refractivity contribution in [2.75, 3.05) is 13.1 Å². The predicted molar refractivity (Wildman–Crippen MR) is 90.9 cm³/mol. The highest BCUT2D eigenvalue weighted by molar-refractivity contribution is 7.09. The molecule has 23 heavy (non-hydrogen) atoms. The molecule has 3 rings (SSSR count). The van der Waals surface area contributed by atoms with Gasteiger partial charge in [0.05, 0.1) is 25.3 Å². The third-order valence-corrected chi connectivity index (χ3v) is 4.48. The zero-order chi connectivity index (χ0) is 16.1. The maximum Gasteiger partial charge on any atom is 0.234 e. The fraction of sp³-hybridized carbons (Fsp3) is 0.312. The smallest absolute Gasteiger partial charge is 0.234 e. The Bertz CT molecular complexity index is 768. The maximum absolute atomic E-state index is 12.1. The molecule has 6 nitrogen and oxygen atoms in total. The molecule has 1 amide bonds. The molecule has 0 spiro atoms. The van der Waals surface area contributed by atoms with Gasteiger partial charge < -0.3 is 5.32 Å². The summed E-state index contributed by atoms with van der Waals surface area (Å²) < 4.78 is 1.82. The first-order valence-corrected chi connectivity index (χ1v) is 8.44. The Hall–Kier alpha value is -2.25. The van der Waals surface area contributed by atoms with Crippen LogP contribution in [0.3, 0.4) is 0 Å². The Kier molecular flexibility index (Phi) is 4.99. The van der Waals surface area contributed by atoms with Gasteiger partial charge in [-0.3, -0.25) is 9.69 Å². The number of para-hydroxylation sites is 1. The number of carbonyl (C=O) groups is 1. The Morgan fingerprint density at radius 2 is 2.17 bits per heavy atom. The van der Waals surface area contributed by atoms with E-state index in [1.807, 2.05) is 58.3 Å². The molecular formula is C16H19N5OS. The van der Waals surface area contributed by atoms with Crippen LogP contribution in [0, 0.1) is 0 Å². The molecule has 2 aromatic heterocycles. The normalized spacial score (nSPS) is 11.2. The Morgan fingerprint density at radius 1 is 1.30 bits per heavy atom. The minimum Gasteiger partial charge on any atom is -0.350 e. The lowest BCUT2D eigenvalue weighted by Gasteiger charge is -2.19. The van der Waals surface area contributed by atoms with Crippen LogP contribution < -0.4 is 5.32 Å². The summed E-state index contributed by atoms with van der Waals surface area (Å²) in [5, 5.41) is 13.3. The van der Waals surface area contributed by atoms with Crippen molar-refractivity contribution in [3.05, 3.63) is 46.7 Å². The second kappa shape index (κ2) is 7.34. The third kappa shape index (κ3) is 3.94. The van der Waals surface area contributed by atoms with Gasteiger partial charge in [-0.15, -0.1) is 16.4 Å². The lowest BCUT2D eigenvalue weighted by molar-refractivity contribution is -0.122. The van der Waals surface area contributed by atoms with Crippen LogP contribution in [-0.4, -0.2) is 38.9 Å². The highest BCUT2D eigenvalue weighted by Crippen LogP contribution is 2.10. The number of aromatic nitrogens is 3. The van der Waals surface area contributed by atoms with Crippen molar-refractivity contribution in [1.82, 2.24) is 25.2 Å². The molecule has 0 aliphatic heterocycles. The average Bonchev–Trinajstić information content (AvgIpc) is 3.22. The average molecular weight is 329 g/mol. The molecule has 7 heteroatoms. The van der Waals surface area contributed by atoms with Gasteiger partial charge in [-0.05, 0) is 30.1 Å². The standard InChI is InChI=1S/C16H19N5OS/c1-2-20(11-16(22)17-10-13-6-5-9-23-13)12-21-15-8-4-3-7-14(15)18-19-21/h3-9H,2,10-12H2,1H3,(H,17,22). The van der Waals surface area contributed by atoms with Crippen molar-refractivity contribution in [2.45, 2.75) is 20.1 Å². The Morgan fingerprint density at radius 3 is 2.96 bits per heavy atom. The zero-order valence-electron chi connectivity index (χ0n) is 13.0. The monoisotopic (exact) mass is 329 g/mol. The number of nitrogens with zero attached hydrogens (tertiary/aromatic N) is 4. The Balaban J connectivity index is 1.58. The molecule has 0 aliphatic rings. The van der Waals surface area contributed by atoms with Gasteiger partial charge in [-0.2, -0.15) is 0 Å². The number of amides is 1. The molecule has 1 N–H and O–H groups in total. The second-order valence-corrected chi connectivity index (χ2v) is 6.25. The van der Waals surface area contributed by atoms with Gasteiger partial charge in [0.15, 0.2) is 0 Å². The number of benzene rings is 1. The van der Waals surface area contributed by atoms with Crippen LogP contribution in [-0.2, 0) is 18.0 Å². The molecule has 2 heterocycles. The van der Waals surface area contributed by atoms with E-state index in [0.29, 0.717) is 19.8 Å². The predicted octanol–water partition coefficient (Wildman–Crippen LogP) is 2.09. The first-order chi connectivity index (χ1) is 11.3. The molecule has 0 bridgehead atoms. The van der Waals surface area contributed by atoms with Crippen molar-refractivity contribution in [3.8, 4) is 0 Å². The van der Waals surface area contributed by atoms with Crippen molar-refractivity contribution < 1.29 is 4.79 Å². The van der Waals surface area contributed by atoms with E-state index in [9.17, 15) is 4.79 Å². The molecule has 0 unspecified atom stereocenters. The molecular weight excluding hydrogens is 310 g/mol. The summed E-state index contributed by atoms with van der Waals surface area (Å²) in [6.07, 6.45) is 0. The van der Waals surface area contributed by atoms with Crippen molar-refractivity contribution in [3.63, 3.8) is 0 Å². The quantitative estimate of drug-likeness (QED) is 0.721. The number of rotatable bonds is 7. The van der Waals surface area contributed by atoms with Gasteiger partial charge >= 0.3 is 0 Å². The Labute approximate surface area is 138 Å². The summed E-state index contributed by atoms with van der Waals surface area (Å²) in [5.74, 6) is 0.0182. The number of hydrogen-bond acceptors (Lipinski definition) is 5. The van der Waals surface area contributed by atoms with Gasteiger partial charge in [-0.1, -0.05) is 30.3 Å². The van der Waals surface area contributed by atoms with Gasteiger partial charge in [0, 0.05) is 4.88 Å². The summed E-state index contributed by atoms with van der Waals surface area (Å²) in [5.41, 5.74) is 1.84. The van der Waals surface area contributed by atoms with Crippen LogP contribution in [0.4, 0.5) is 0 Å². The van der Waals surface area contributed by atoms with Gasteiger partial charge in [0.25, 0.3) is 0 Å². The summed E-state index contributed by atoms with van der Waals surface area (Å²) in [6, 6.07) is 11.8. The van der Waals surface area contributed by atoms with E-state index in [-0.39, 0.29) is 5.91 Å². The summed E-state index contributed by atoms with van der Waals surface area (Å²) >= 11 is 1.64. The maximum atomic E-state index is 12.1. The SMILES string of the molecule is CCN(CC(=O)NCc1cccs1)Cn1nnc2ccccc21. The van der Waals surface area contributed by atoms with E-state index in [1.54, 1.807) is 11.3 Å². The minimum absolute atomic E-state index is 0.0182. The molecule has 0 saturated heterocycles. The van der Waals surface area contributed by atoms with Gasteiger partial charge in [0.2, 0.25) is 5.91 Å².